The number of hydrogen-bond acceptors (Lipinski definition) is 5. The topological polar surface area (TPSA) is 73.6 Å². The van der Waals surface area contributed by atoms with E-state index in [1.165, 1.54) is 0 Å². The molecule has 0 spiro atoms. The summed E-state index contributed by atoms with van der Waals surface area (Å²) in [5.74, 6) is 2.48. The Labute approximate surface area is 193 Å². The number of rotatable bonds is 9. The number of ether oxygens (including phenoxy) is 2. The van der Waals surface area contributed by atoms with Crippen molar-refractivity contribution in [2.24, 2.45) is 0 Å². The highest BCUT2D eigenvalue weighted by atomic mass is 16.5. The highest BCUT2D eigenvalue weighted by molar-refractivity contribution is 6.00. The molecule has 4 aromatic rings. The molecular formula is C27H26N2O4. The van der Waals surface area contributed by atoms with Gasteiger partial charge in [-0.25, -0.2) is 4.98 Å². The molecule has 0 radical (unpaired) electrons. The predicted molar refractivity (Wildman–Crippen MR) is 128 cm³/mol. The van der Waals surface area contributed by atoms with E-state index in [9.17, 15) is 4.79 Å². The highest BCUT2D eigenvalue weighted by Crippen LogP contribution is 2.29. The molecule has 33 heavy (non-hydrogen) atoms. The lowest BCUT2D eigenvalue weighted by atomic mass is 10.1. The van der Waals surface area contributed by atoms with E-state index in [-0.39, 0.29) is 5.91 Å². The molecule has 0 atom stereocenters. The molecule has 0 aliphatic rings. The summed E-state index contributed by atoms with van der Waals surface area (Å²) in [6.07, 6.45) is 2.39. The van der Waals surface area contributed by atoms with Crippen LogP contribution in [-0.2, 0) is 6.42 Å². The van der Waals surface area contributed by atoms with Crippen LogP contribution in [0.1, 0.15) is 22.8 Å². The van der Waals surface area contributed by atoms with Crippen LogP contribution in [0.4, 0.5) is 0 Å². The highest BCUT2D eigenvalue weighted by Gasteiger charge is 2.17. The summed E-state index contributed by atoms with van der Waals surface area (Å²) in [6, 6.07) is 22.8. The van der Waals surface area contributed by atoms with Gasteiger partial charge < -0.3 is 19.2 Å². The molecule has 6 nitrogen and oxygen atoms in total. The van der Waals surface area contributed by atoms with Crippen molar-refractivity contribution in [2.75, 3.05) is 20.3 Å². The van der Waals surface area contributed by atoms with Gasteiger partial charge in [0.25, 0.3) is 5.91 Å². The van der Waals surface area contributed by atoms with Crippen molar-refractivity contribution in [1.82, 2.24) is 10.3 Å². The summed E-state index contributed by atoms with van der Waals surface area (Å²) in [5.41, 5.74) is 3.18. The molecule has 0 saturated heterocycles. The Bertz CT molecular complexity index is 1200. The monoisotopic (exact) mass is 442 g/mol. The molecule has 0 bridgehead atoms. The van der Waals surface area contributed by atoms with Gasteiger partial charge in [-0.3, -0.25) is 4.79 Å². The van der Waals surface area contributed by atoms with Gasteiger partial charge in [-0.2, -0.15) is 0 Å². The smallest absolute Gasteiger partial charge is 0.252 e. The molecule has 0 fully saturated rings. The van der Waals surface area contributed by atoms with Crippen molar-refractivity contribution in [3.8, 4) is 34.3 Å². The molecule has 0 saturated carbocycles. The minimum Gasteiger partial charge on any atom is -0.497 e. The number of nitrogens with zero attached hydrogens (tertiary/aromatic N) is 1. The molecule has 6 heteroatoms. The van der Waals surface area contributed by atoms with Crippen LogP contribution in [0.5, 0.6) is 11.5 Å². The van der Waals surface area contributed by atoms with Crippen LogP contribution in [-0.4, -0.2) is 31.2 Å². The first kappa shape index (κ1) is 22.1. The Morgan fingerprint density at radius 3 is 2.42 bits per heavy atom. The maximum atomic E-state index is 12.9. The Balaban J connectivity index is 1.45. The molecule has 1 amide bonds. The average Bonchev–Trinajstić information content (AvgIpc) is 3.35. The number of hydrogen-bond donors (Lipinski definition) is 1. The number of oxazole rings is 1. The Morgan fingerprint density at radius 2 is 1.70 bits per heavy atom. The minimum atomic E-state index is -0.167. The third kappa shape index (κ3) is 5.41. The summed E-state index contributed by atoms with van der Waals surface area (Å²) in [7, 11) is 1.64. The zero-order valence-electron chi connectivity index (χ0n) is 18.7. The molecule has 168 valence electrons. The van der Waals surface area contributed by atoms with Crippen LogP contribution in [0.25, 0.3) is 22.8 Å². The fourth-order valence-corrected chi connectivity index (χ4v) is 3.49. The number of methoxy groups -OCH3 is 1. The zero-order valence-corrected chi connectivity index (χ0v) is 18.7. The van der Waals surface area contributed by atoms with E-state index in [4.69, 9.17) is 13.9 Å². The largest absolute Gasteiger partial charge is 0.497 e. The Morgan fingerprint density at radius 1 is 0.970 bits per heavy atom. The van der Waals surface area contributed by atoms with Gasteiger partial charge in [0.1, 0.15) is 11.5 Å². The van der Waals surface area contributed by atoms with E-state index in [1.807, 2.05) is 73.7 Å². The second-order valence-electron chi connectivity index (χ2n) is 7.39. The fourth-order valence-electron chi connectivity index (χ4n) is 3.49. The van der Waals surface area contributed by atoms with Crippen molar-refractivity contribution in [1.29, 1.82) is 0 Å². The standard InChI is InChI=1S/C27H26N2O4/c1-3-32-22-14-10-20(11-15-22)25-18-29-27(33-25)24-7-5-4-6-23(24)26(30)28-17-16-19-8-12-21(31-2)13-9-19/h4-15,18H,3,16-17H2,1-2H3,(H,28,30). The molecular weight excluding hydrogens is 416 g/mol. The number of aromatic nitrogens is 1. The van der Waals surface area contributed by atoms with E-state index in [0.29, 0.717) is 35.9 Å². The summed E-state index contributed by atoms with van der Waals surface area (Å²) in [4.78, 5) is 17.3. The first-order valence-corrected chi connectivity index (χ1v) is 10.9. The summed E-state index contributed by atoms with van der Waals surface area (Å²) in [5, 5.41) is 2.99. The molecule has 3 aromatic carbocycles. The summed E-state index contributed by atoms with van der Waals surface area (Å²) in [6.45, 7) is 3.08. The number of nitrogens with one attached hydrogen (secondary N) is 1. The van der Waals surface area contributed by atoms with Crippen molar-refractivity contribution in [3.05, 3.63) is 90.1 Å². The summed E-state index contributed by atoms with van der Waals surface area (Å²) < 4.78 is 16.7. The molecule has 4 rings (SSSR count). The lowest BCUT2D eigenvalue weighted by Gasteiger charge is -2.09. The third-order valence-electron chi connectivity index (χ3n) is 5.22. The van der Waals surface area contributed by atoms with Gasteiger partial charge in [0.05, 0.1) is 25.5 Å². The van der Waals surface area contributed by atoms with E-state index in [2.05, 4.69) is 10.3 Å². The predicted octanol–water partition coefficient (Wildman–Crippen LogP) is 5.39. The second-order valence-corrected chi connectivity index (χ2v) is 7.39. The molecule has 1 heterocycles. The van der Waals surface area contributed by atoms with Gasteiger partial charge in [-0.05, 0) is 67.4 Å². The van der Waals surface area contributed by atoms with Crippen molar-refractivity contribution in [2.45, 2.75) is 13.3 Å². The molecule has 1 N–H and O–H groups in total. The van der Waals surface area contributed by atoms with Crippen molar-refractivity contribution < 1.29 is 18.7 Å². The van der Waals surface area contributed by atoms with Crippen LogP contribution in [0.15, 0.2) is 83.4 Å². The van der Waals surface area contributed by atoms with Crippen molar-refractivity contribution >= 4 is 5.91 Å². The van der Waals surface area contributed by atoms with E-state index in [1.54, 1.807) is 19.4 Å². The van der Waals surface area contributed by atoms with Gasteiger partial charge in [-0.1, -0.05) is 24.3 Å². The average molecular weight is 443 g/mol. The second kappa shape index (κ2) is 10.5. The number of amides is 1. The van der Waals surface area contributed by atoms with Crippen LogP contribution in [0.3, 0.4) is 0 Å². The van der Waals surface area contributed by atoms with Crippen molar-refractivity contribution in [3.63, 3.8) is 0 Å². The lowest BCUT2D eigenvalue weighted by molar-refractivity contribution is 0.0954. The first-order chi connectivity index (χ1) is 16.2. The van der Waals surface area contributed by atoms with E-state index < -0.39 is 0 Å². The maximum absolute atomic E-state index is 12.9. The Kier molecular flexibility index (Phi) is 7.05. The van der Waals surface area contributed by atoms with Gasteiger partial charge >= 0.3 is 0 Å². The number of carbonyl (C=O) groups is 1. The van der Waals surface area contributed by atoms with Crippen LogP contribution in [0.2, 0.25) is 0 Å². The molecule has 1 aromatic heterocycles. The normalized spacial score (nSPS) is 10.6. The van der Waals surface area contributed by atoms with Crippen LogP contribution in [0, 0.1) is 0 Å². The number of benzene rings is 3. The van der Waals surface area contributed by atoms with Crippen LogP contribution >= 0.6 is 0 Å². The van der Waals surface area contributed by atoms with Gasteiger partial charge in [0.2, 0.25) is 5.89 Å². The molecule has 0 aliphatic carbocycles. The van der Waals surface area contributed by atoms with Gasteiger partial charge in [0.15, 0.2) is 5.76 Å². The lowest BCUT2D eigenvalue weighted by Crippen LogP contribution is -2.26. The molecule has 0 unspecified atom stereocenters. The fraction of sp³-hybridized carbons (Fsp3) is 0.185. The quantitative estimate of drug-likeness (QED) is 0.376. The number of carbonyl (C=O) groups excluding carboxylic acids is 1. The third-order valence-corrected chi connectivity index (χ3v) is 5.22. The van der Waals surface area contributed by atoms with E-state index >= 15 is 0 Å². The first-order valence-electron chi connectivity index (χ1n) is 10.9. The maximum Gasteiger partial charge on any atom is 0.252 e. The van der Waals surface area contributed by atoms with Crippen LogP contribution < -0.4 is 14.8 Å². The molecule has 0 aliphatic heterocycles. The Hall–Kier alpha value is -4.06. The SMILES string of the molecule is CCOc1ccc(-c2cnc(-c3ccccc3C(=O)NCCc3ccc(OC)cc3)o2)cc1. The van der Waals surface area contributed by atoms with Gasteiger partial charge in [-0.15, -0.1) is 0 Å². The zero-order chi connectivity index (χ0) is 23.0. The minimum absolute atomic E-state index is 0.167. The summed E-state index contributed by atoms with van der Waals surface area (Å²) >= 11 is 0. The van der Waals surface area contributed by atoms with Gasteiger partial charge in [0, 0.05) is 17.7 Å². The van der Waals surface area contributed by atoms with E-state index in [0.717, 1.165) is 29.0 Å².